The Morgan fingerprint density at radius 1 is 1.47 bits per heavy atom. The van der Waals surface area contributed by atoms with E-state index >= 15 is 0 Å². The minimum Gasteiger partial charge on any atom is -0.481 e. The van der Waals surface area contributed by atoms with Crippen molar-refractivity contribution in [2.45, 2.75) is 20.3 Å². The molecule has 0 aliphatic carbocycles. The van der Waals surface area contributed by atoms with Gasteiger partial charge in [0.1, 0.15) is 0 Å². The van der Waals surface area contributed by atoms with Crippen LogP contribution in [0.3, 0.4) is 0 Å². The van der Waals surface area contributed by atoms with E-state index in [1.54, 1.807) is 0 Å². The van der Waals surface area contributed by atoms with Crippen molar-refractivity contribution in [1.82, 2.24) is 9.03 Å². The zero-order valence-corrected chi connectivity index (χ0v) is 10.0. The first-order valence-corrected chi connectivity index (χ1v) is 6.12. The molecule has 0 aromatic rings. The second kappa shape index (κ2) is 6.04. The van der Waals surface area contributed by atoms with Crippen LogP contribution in [0.5, 0.6) is 0 Å². The number of hydrogen-bond acceptors (Lipinski definition) is 3. The maximum Gasteiger partial charge on any atom is 0.304 e. The Kier molecular flexibility index (Phi) is 5.77. The van der Waals surface area contributed by atoms with E-state index in [-0.39, 0.29) is 18.9 Å². The molecule has 0 aliphatic heterocycles. The molecular weight excluding hydrogens is 220 g/mol. The lowest BCUT2D eigenvalue weighted by Crippen LogP contribution is -2.40. The number of nitrogens with zero attached hydrogens (tertiary/aromatic N) is 1. The predicted octanol–water partition coefficient (Wildman–Crippen LogP) is -0.117. The molecule has 0 unspecified atom stereocenters. The van der Waals surface area contributed by atoms with Gasteiger partial charge in [0, 0.05) is 20.1 Å². The van der Waals surface area contributed by atoms with E-state index < -0.39 is 16.2 Å². The molecule has 6 nitrogen and oxygen atoms in total. The third-order valence-corrected chi connectivity index (χ3v) is 3.26. The van der Waals surface area contributed by atoms with Gasteiger partial charge in [-0.05, 0) is 5.92 Å². The molecular formula is C8H18N2O4S. The molecule has 0 radical (unpaired) electrons. The fraction of sp³-hybridized carbons (Fsp3) is 0.875. The number of carboxylic acid groups (broad SMARTS) is 1. The van der Waals surface area contributed by atoms with Gasteiger partial charge in [-0.3, -0.25) is 4.79 Å². The van der Waals surface area contributed by atoms with Gasteiger partial charge in [-0.15, -0.1) is 0 Å². The molecule has 2 N–H and O–H groups in total. The van der Waals surface area contributed by atoms with Crippen LogP contribution in [0.4, 0.5) is 0 Å². The quantitative estimate of drug-likeness (QED) is 0.647. The third kappa shape index (κ3) is 6.43. The fourth-order valence-corrected chi connectivity index (χ4v) is 1.85. The van der Waals surface area contributed by atoms with Crippen LogP contribution in [0, 0.1) is 5.92 Å². The van der Waals surface area contributed by atoms with Gasteiger partial charge in [0.25, 0.3) is 10.2 Å². The normalized spacial score (nSPS) is 12.3. The van der Waals surface area contributed by atoms with Crippen molar-refractivity contribution in [3.05, 3.63) is 0 Å². The van der Waals surface area contributed by atoms with Crippen molar-refractivity contribution < 1.29 is 18.3 Å². The highest BCUT2D eigenvalue weighted by molar-refractivity contribution is 7.87. The minimum atomic E-state index is -3.53. The van der Waals surface area contributed by atoms with Crippen LogP contribution in [0.15, 0.2) is 0 Å². The average Bonchev–Trinajstić information content (AvgIpc) is 2.11. The first-order chi connectivity index (χ1) is 6.75. The Morgan fingerprint density at radius 2 is 2.00 bits per heavy atom. The summed E-state index contributed by atoms with van der Waals surface area (Å²) in [6, 6.07) is 0. The average molecular weight is 238 g/mol. The molecule has 0 rings (SSSR count). The molecule has 0 spiro atoms. The Morgan fingerprint density at radius 3 is 2.40 bits per heavy atom. The summed E-state index contributed by atoms with van der Waals surface area (Å²) in [7, 11) is -2.18. The van der Waals surface area contributed by atoms with Crippen molar-refractivity contribution >= 4 is 16.2 Å². The summed E-state index contributed by atoms with van der Waals surface area (Å²) >= 11 is 0. The van der Waals surface area contributed by atoms with Crippen LogP contribution in [-0.4, -0.2) is 43.9 Å². The fourth-order valence-electron chi connectivity index (χ4n) is 0.755. The smallest absolute Gasteiger partial charge is 0.304 e. The number of carbonyl (C=O) groups is 1. The van der Waals surface area contributed by atoms with Gasteiger partial charge in [-0.1, -0.05) is 13.8 Å². The monoisotopic (exact) mass is 238 g/mol. The lowest BCUT2D eigenvalue weighted by Gasteiger charge is -2.17. The van der Waals surface area contributed by atoms with E-state index in [4.69, 9.17) is 5.11 Å². The molecule has 0 fully saturated rings. The summed E-state index contributed by atoms with van der Waals surface area (Å²) < 4.78 is 26.3. The summed E-state index contributed by atoms with van der Waals surface area (Å²) in [5.74, 6) is -0.798. The molecule has 0 aromatic heterocycles. The van der Waals surface area contributed by atoms with Gasteiger partial charge in [-0.2, -0.15) is 12.7 Å². The van der Waals surface area contributed by atoms with Crippen molar-refractivity contribution in [3.63, 3.8) is 0 Å². The van der Waals surface area contributed by atoms with Gasteiger partial charge in [0.2, 0.25) is 0 Å². The molecule has 0 saturated heterocycles. The number of aliphatic carboxylic acids is 1. The van der Waals surface area contributed by atoms with Crippen LogP contribution in [-0.2, 0) is 15.0 Å². The summed E-state index contributed by atoms with van der Waals surface area (Å²) in [6.07, 6.45) is -0.195. The molecule has 0 amide bonds. The molecule has 90 valence electrons. The molecule has 0 aliphatic rings. The molecule has 7 heteroatoms. The van der Waals surface area contributed by atoms with Crippen molar-refractivity contribution in [3.8, 4) is 0 Å². The van der Waals surface area contributed by atoms with E-state index in [1.165, 1.54) is 7.05 Å². The van der Waals surface area contributed by atoms with E-state index in [0.717, 1.165) is 4.31 Å². The van der Waals surface area contributed by atoms with Gasteiger partial charge in [0.05, 0.1) is 6.42 Å². The van der Waals surface area contributed by atoms with Crippen LogP contribution in [0.1, 0.15) is 20.3 Å². The number of hydrogen-bond donors (Lipinski definition) is 2. The van der Waals surface area contributed by atoms with Crippen molar-refractivity contribution in [2.24, 2.45) is 5.92 Å². The second-order valence-electron chi connectivity index (χ2n) is 3.71. The molecule has 0 saturated carbocycles. The van der Waals surface area contributed by atoms with E-state index in [1.807, 2.05) is 13.8 Å². The van der Waals surface area contributed by atoms with Crippen LogP contribution >= 0.6 is 0 Å². The summed E-state index contributed by atoms with van der Waals surface area (Å²) in [4.78, 5) is 10.3. The van der Waals surface area contributed by atoms with Crippen LogP contribution < -0.4 is 4.72 Å². The standard InChI is InChI=1S/C8H18N2O4S/c1-7(2)6-9-15(13,14)10(3)5-4-8(11)12/h7,9H,4-6H2,1-3H3,(H,11,12). The molecule has 15 heavy (non-hydrogen) atoms. The summed E-state index contributed by atoms with van der Waals surface area (Å²) in [6.45, 7) is 4.10. The maximum absolute atomic E-state index is 11.5. The van der Waals surface area contributed by atoms with Gasteiger partial charge in [-0.25, -0.2) is 4.72 Å². The topological polar surface area (TPSA) is 86.7 Å². The van der Waals surface area contributed by atoms with Crippen molar-refractivity contribution in [1.29, 1.82) is 0 Å². The molecule has 0 atom stereocenters. The number of carboxylic acids is 1. The largest absolute Gasteiger partial charge is 0.481 e. The molecule has 0 heterocycles. The van der Waals surface area contributed by atoms with E-state index in [0.29, 0.717) is 6.54 Å². The Bertz CT molecular complexity index is 300. The van der Waals surface area contributed by atoms with Crippen LogP contribution in [0.2, 0.25) is 0 Å². The Hall–Kier alpha value is -0.660. The molecule has 0 bridgehead atoms. The SMILES string of the molecule is CC(C)CNS(=O)(=O)N(C)CCC(=O)O. The highest BCUT2D eigenvalue weighted by Gasteiger charge is 2.17. The van der Waals surface area contributed by atoms with Gasteiger partial charge >= 0.3 is 5.97 Å². The van der Waals surface area contributed by atoms with E-state index in [2.05, 4.69) is 4.72 Å². The van der Waals surface area contributed by atoms with E-state index in [9.17, 15) is 13.2 Å². The zero-order valence-electron chi connectivity index (χ0n) is 9.23. The summed E-state index contributed by atoms with van der Waals surface area (Å²) in [5.41, 5.74) is 0. The zero-order chi connectivity index (χ0) is 12.1. The minimum absolute atomic E-state index is 0.0250. The van der Waals surface area contributed by atoms with Crippen molar-refractivity contribution in [2.75, 3.05) is 20.1 Å². The maximum atomic E-state index is 11.5. The summed E-state index contributed by atoms with van der Waals surface area (Å²) in [5, 5.41) is 8.40. The first kappa shape index (κ1) is 14.3. The first-order valence-electron chi connectivity index (χ1n) is 4.68. The lowest BCUT2D eigenvalue weighted by atomic mass is 10.2. The second-order valence-corrected chi connectivity index (χ2v) is 5.57. The van der Waals surface area contributed by atoms with Gasteiger partial charge < -0.3 is 5.11 Å². The predicted molar refractivity (Wildman–Crippen MR) is 56.6 cm³/mol. The molecule has 0 aromatic carbocycles. The number of nitrogens with one attached hydrogen (secondary N) is 1. The van der Waals surface area contributed by atoms with Gasteiger partial charge in [0.15, 0.2) is 0 Å². The van der Waals surface area contributed by atoms with Crippen LogP contribution in [0.25, 0.3) is 0 Å². The number of rotatable bonds is 7. The highest BCUT2D eigenvalue weighted by Crippen LogP contribution is 1.97. The lowest BCUT2D eigenvalue weighted by molar-refractivity contribution is -0.137. The Balaban J connectivity index is 4.14. The third-order valence-electron chi connectivity index (χ3n) is 1.72. The highest BCUT2D eigenvalue weighted by atomic mass is 32.2. The Labute approximate surface area is 90.5 Å².